The Balaban J connectivity index is 2.16. The van der Waals surface area contributed by atoms with Gasteiger partial charge in [-0.1, -0.05) is 30.3 Å². The highest BCUT2D eigenvalue weighted by atomic mass is 16.3. The van der Waals surface area contributed by atoms with Crippen LogP contribution >= 0.6 is 0 Å². The van der Waals surface area contributed by atoms with Crippen LogP contribution in [0.4, 0.5) is 0 Å². The van der Waals surface area contributed by atoms with E-state index in [1.807, 2.05) is 30.3 Å². The van der Waals surface area contributed by atoms with E-state index in [2.05, 4.69) is 5.32 Å². The normalized spacial score (nSPS) is 12.7. The maximum Gasteiger partial charge on any atom is 0.0790 e. The van der Waals surface area contributed by atoms with Gasteiger partial charge in [0.15, 0.2) is 0 Å². The summed E-state index contributed by atoms with van der Waals surface area (Å²) in [7, 11) is 0. The Labute approximate surface area is 91.3 Å². The standard InChI is InChI=1S/C12H20N2O/c13-8-10-14-9-4-7-12(15)11-5-2-1-3-6-11/h1-3,5-6,12,14-15H,4,7-10,13H2. The Morgan fingerprint density at radius 2 is 1.93 bits per heavy atom. The van der Waals surface area contributed by atoms with Crippen LogP contribution in [-0.4, -0.2) is 24.7 Å². The lowest BCUT2D eigenvalue weighted by Gasteiger charge is -2.10. The SMILES string of the molecule is NCCNCCCC(O)c1ccccc1. The van der Waals surface area contributed by atoms with Crippen molar-refractivity contribution in [3.8, 4) is 0 Å². The van der Waals surface area contributed by atoms with Crippen LogP contribution in [0.15, 0.2) is 30.3 Å². The topological polar surface area (TPSA) is 58.3 Å². The third-order valence-electron chi connectivity index (χ3n) is 2.34. The van der Waals surface area contributed by atoms with E-state index in [1.54, 1.807) is 0 Å². The fourth-order valence-corrected chi connectivity index (χ4v) is 1.49. The zero-order valence-corrected chi connectivity index (χ0v) is 9.02. The fourth-order valence-electron chi connectivity index (χ4n) is 1.49. The first-order valence-corrected chi connectivity index (χ1v) is 5.48. The molecule has 0 fully saturated rings. The number of nitrogens with one attached hydrogen (secondary N) is 1. The predicted molar refractivity (Wildman–Crippen MR) is 62.6 cm³/mol. The summed E-state index contributed by atoms with van der Waals surface area (Å²) in [4.78, 5) is 0. The van der Waals surface area contributed by atoms with Gasteiger partial charge in [-0.25, -0.2) is 0 Å². The van der Waals surface area contributed by atoms with Gasteiger partial charge in [-0.15, -0.1) is 0 Å². The summed E-state index contributed by atoms with van der Waals surface area (Å²) in [5, 5.41) is 13.0. The van der Waals surface area contributed by atoms with Gasteiger partial charge < -0.3 is 16.2 Å². The van der Waals surface area contributed by atoms with E-state index >= 15 is 0 Å². The average Bonchev–Trinajstić information content (AvgIpc) is 2.30. The summed E-state index contributed by atoms with van der Waals surface area (Å²) in [6.45, 7) is 2.43. The lowest BCUT2D eigenvalue weighted by atomic mass is 10.1. The zero-order valence-electron chi connectivity index (χ0n) is 9.02. The Kier molecular flexibility index (Phi) is 6.00. The molecular weight excluding hydrogens is 188 g/mol. The van der Waals surface area contributed by atoms with Gasteiger partial charge in [-0.05, 0) is 24.9 Å². The number of hydrogen-bond donors (Lipinski definition) is 3. The monoisotopic (exact) mass is 208 g/mol. The molecule has 0 aliphatic rings. The molecule has 15 heavy (non-hydrogen) atoms. The van der Waals surface area contributed by atoms with E-state index in [0.29, 0.717) is 6.54 Å². The highest BCUT2D eigenvalue weighted by Crippen LogP contribution is 2.16. The van der Waals surface area contributed by atoms with E-state index in [4.69, 9.17) is 5.73 Å². The number of aliphatic hydroxyl groups excluding tert-OH is 1. The van der Waals surface area contributed by atoms with Crippen molar-refractivity contribution in [2.45, 2.75) is 18.9 Å². The van der Waals surface area contributed by atoms with Crippen molar-refractivity contribution < 1.29 is 5.11 Å². The second-order valence-corrected chi connectivity index (χ2v) is 3.61. The number of aliphatic hydroxyl groups is 1. The van der Waals surface area contributed by atoms with Gasteiger partial charge in [0, 0.05) is 13.1 Å². The van der Waals surface area contributed by atoms with Crippen LogP contribution in [0.25, 0.3) is 0 Å². The van der Waals surface area contributed by atoms with Gasteiger partial charge in [-0.3, -0.25) is 0 Å². The molecule has 0 heterocycles. The third-order valence-corrected chi connectivity index (χ3v) is 2.34. The lowest BCUT2D eigenvalue weighted by molar-refractivity contribution is 0.164. The second kappa shape index (κ2) is 7.40. The zero-order chi connectivity index (χ0) is 10.9. The van der Waals surface area contributed by atoms with Gasteiger partial charge >= 0.3 is 0 Å². The summed E-state index contributed by atoms with van der Waals surface area (Å²) < 4.78 is 0. The van der Waals surface area contributed by atoms with Crippen molar-refractivity contribution in [1.29, 1.82) is 0 Å². The molecule has 1 unspecified atom stereocenters. The fraction of sp³-hybridized carbons (Fsp3) is 0.500. The molecule has 0 aliphatic carbocycles. The van der Waals surface area contributed by atoms with Crippen molar-refractivity contribution >= 4 is 0 Å². The number of benzene rings is 1. The minimum Gasteiger partial charge on any atom is -0.388 e. The van der Waals surface area contributed by atoms with Crippen molar-refractivity contribution in [2.24, 2.45) is 5.73 Å². The summed E-state index contributed by atoms with van der Waals surface area (Å²) in [5.74, 6) is 0. The smallest absolute Gasteiger partial charge is 0.0790 e. The van der Waals surface area contributed by atoms with Crippen LogP contribution in [0, 0.1) is 0 Å². The largest absolute Gasteiger partial charge is 0.388 e. The van der Waals surface area contributed by atoms with E-state index in [-0.39, 0.29) is 6.10 Å². The molecule has 4 N–H and O–H groups in total. The van der Waals surface area contributed by atoms with Gasteiger partial charge in [0.2, 0.25) is 0 Å². The molecule has 0 aromatic heterocycles. The Bertz CT molecular complexity index is 251. The summed E-state index contributed by atoms with van der Waals surface area (Å²) in [5.41, 5.74) is 6.35. The van der Waals surface area contributed by atoms with E-state index in [1.165, 1.54) is 0 Å². The van der Waals surface area contributed by atoms with Crippen LogP contribution in [-0.2, 0) is 0 Å². The molecule has 0 aliphatic heterocycles. The highest BCUT2D eigenvalue weighted by molar-refractivity contribution is 5.16. The third kappa shape index (κ3) is 4.93. The molecule has 0 bridgehead atoms. The first kappa shape index (κ1) is 12.2. The number of rotatable bonds is 7. The molecule has 3 heteroatoms. The first-order chi connectivity index (χ1) is 7.34. The predicted octanol–water partition coefficient (Wildman–Crippen LogP) is 1.05. The summed E-state index contributed by atoms with van der Waals surface area (Å²) in [6, 6.07) is 9.77. The van der Waals surface area contributed by atoms with E-state index in [9.17, 15) is 5.11 Å². The maximum atomic E-state index is 9.82. The molecule has 0 spiro atoms. The van der Waals surface area contributed by atoms with Crippen molar-refractivity contribution in [3.63, 3.8) is 0 Å². The molecule has 1 rings (SSSR count). The second-order valence-electron chi connectivity index (χ2n) is 3.61. The Morgan fingerprint density at radius 1 is 1.20 bits per heavy atom. The Morgan fingerprint density at radius 3 is 2.60 bits per heavy atom. The Hall–Kier alpha value is -0.900. The van der Waals surface area contributed by atoms with E-state index in [0.717, 1.165) is 31.5 Å². The molecule has 0 saturated heterocycles. The van der Waals surface area contributed by atoms with Crippen molar-refractivity contribution in [1.82, 2.24) is 5.32 Å². The quantitative estimate of drug-likeness (QED) is 0.587. The van der Waals surface area contributed by atoms with Gasteiger partial charge in [-0.2, -0.15) is 0 Å². The molecule has 0 saturated carbocycles. The molecule has 84 valence electrons. The van der Waals surface area contributed by atoms with Crippen molar-refractivity contribution in [2.75, 3.05) is 19.6 Å². The van der Waals surface area contributed by atoms with Crippen LogP contribution in [0.1, 0.15) is 24.5 Å². The molecular formula is C12H20N2O. The first-order valence-electron chi connectivity index (χ1n) is 5.48. The highest BCUT2D eigenvalue weighted by Gasteiger charge is 2.05. The van der Waals surface area contributed by atoms with Gasteiger partial charge in [0.1, 0.15) is 0 Å². The molecule has 3 nitrogen and oxygen atoms in total. The number of nitrogens with two attached hydrogens (primary N) is 1. The summed E-state index contributed by atoms with van der Waals surface area (Å²) in [6.07, 6.45) is 1.42. The van der Waals surface area contributed by atoms with Gasteiger partial charge in [0.05, 0.1) is 6.10 Å². The molecule has 0 amide bonds. The molecule has 0 radical (unpaired) electrons. The van der Waals surface area contributed by atoms with Crippen LogP contribution in [0.5, 0.6) is 0 Å². The minimum absolute atomic E-state index is 0.342. The van der Waals surface area contributed by atoms with Crippen LogP contribution in [0.2, 0.25) is 0 Å². The molecule has 1 atom stereocenters. The summed E-state index contributed by atoms with van der Waals surface area (Å²) >= 11 is 0. The van der Waals surface area contributed by atoms with E-state index < -0.39 is 0 Å². The van der Waals surface area contributed by atoms with Crippen LogP contribution in [0.3, 0.4) is 0 Å². The lowest BCUT2D eigenvalue weighted by Crippen LogP contribution is -2.23. The average molecular weight is 208 g/mol. The molecule has 1 aromatic rings. The number of hydrogen-bond acceptors (Lipinski definition) is 3. The van der Waals surface area contributed by atoms with Crippen molar-refractivity contribution in [3.05, 3.63) is 35.9 Å². The van der Waals surface area contributed by atoms with Gasteiger partial charge in [0.25, 0.3) is 0 Å². The minimum atomic E-state index is -0.342. The maximum absolute atomic E-state index is 9.82. The van der Waals surface area contributed by atoms with Crippen LogP contribution < -0.4 is 11.1 Å². The molecule has 1 aromatic carbocycles.